The largest absolute Gasteiger partial charge is 0.198 e. The van der Waals surface area contributed by atoms with Crippen LogP contribution in [0.3, 0.4) is 0 Å². The van der Waals surface area contributed by atoms with Gasteiger partial charge in [-0.3, -0.25) is 0 Å². The van der Waals surface area contributed by atoms with Crippen molar-refractivity contribution in [1.82, 2.24) is 0 Å². The van der Waals surface area contributed by atoms with Crippen LogP contribution in [-0.4, -0.2) is 0 Å². The number of hydrogen-bond acceptors (Lipinski definition) is 4. The Balaban J connectivity index is 2.34. The van der Waals surface area contributed by atoms with Crippen molar-refractivity contribution in [2.24, 2.45) is 11.8 Å². The molecule has 2 unspecified atom stereocenters. The van der Waals surface area contributed by atoms with Gasteiger partial charge in [-0.2, -0.15) is 21.0 Å². The highest BCUT2D eigenvalue weighted by molar-refractivity contribution is 5.45. The highest BCUT2D eigenvalue weighted by Gasteiger charge is 2.20. The van der Waals surface area contributed by atoms with E-state index in [0.29, 0.717) is 0 Å². The first-order valence-electron chi connectivity index (χ1n) is 13.1. The molecule has 0 aliphatic carbocycles. The van der Waals surface area contributed by atoms with E-state index in [-0.39, 0.29) is 11.8 Å². The van der Waals surface area contributed by atoms with Gasteiger partial charge < -0.3 is 0 Å². The first-order valence-corrected chi connectivity index (χ1v) is 13.1. The summed E-state index contributed by atoms with van der Waals surface area (Å²) >= 11 is 0. The zero-order chi connectivity index (χ0) is 24.9. The minimum absolute atomic E-state index is 0.145. The van der Waals surface area contributed by atoms with Gasteiger partial charge in [0.05, 0.1) is 36.1 Å². The van der Waals surface area contributed by atoms with Crippen LogP contribution in [-0.2, 0) is 6.42 Å². The number of aryl methyl sites for hydroxylation is 1. The van der Waals surface area contributed by atoms with E-state index < -0.39 is 0 Å². The minimum atomic E-state index is -0.162. The highest BCUT2D eigenvalue weighted by Crippen LogP contribution is 2.24. The maximum absolute atomic E-state index is 9.60. The summed E-state index contributed by atoms with van der Waals surface area (Å²) in [7, 11) is 0. The van der Waals surface area contributed by atoms with Gasteiger partial charge >= 0.3 is 0 Å². The summed E-state index contributed by atoms with van der Waals surface area (Å²) in [6.45, 7) is 2.23. The standard InChI is InChI=1S/C30H40N4/c1-2-3-4-5-6-7-8-12-15-29(24-33)30(25-34)16-13-10-9-11-14-28-23-26(19-21-31)17-18-27(28)20-22-32/h17-20,23,29-30H,2-16H2,1H3. The number of unbranched alkanes of at least 4 members (excludes halogenated alkanes) is 10. The van der Waals surface area contributed by atoms with E-state index in [1.807, 2.05) is 18.2 Å². The van der Waals surface area contributed by atoms with Crippen LogP contribution in [0.1, 0.15) is 102 Å². The van der Waals surface area contributed by atoms with E-state index in [0.717, 1.165) is 67.4 Å². The van der Waals surface area contributed by atoms with Crippen molar-refractivity contribution in [2.45, 2.75) is 103 Å². The lowest BCUT2D eigenvalue weighted by Crippen LogP contribution is -2.14. The molecule has 4 heteroatoms. The second kappa shape index (κ2) is 19.4. The molecular formula is C30H40N4. The van der Waals surface area contributed by atoms with Gasteiger partial charge in [0, 0.05) is 12.2 Å². The Hall–Kier alpha value is -3.08. The summed E-state index contributed by atoms with van der Waals surface area (Å²) in [6, 6.07) is 14.7. The van der Waals surface area contributed by atoms with E-state index in [2.05, 4.69) is 31.2 Å². The lowest BCUT2D eigenvalue weighted by atomic mass is 9.86. The van der Waals surface area contributed by atoms with Crippen molar-refractivity contribution in [3.8, 4) is 24.3 Å². The van der Waals surface area contributed by atoms with Crippen molar-refractivity contribution < 1.29 is 0 Å². The van der Waals surface area contributed by atoms with E-state index in [4.69, 9.17) is 10.5 Å². The fraction of sp³-hybridized carbons (Fsp3) is 0.600. The van der Waals surface area contributed by atoms with E-state index in [1.165, 1.54) is 51.0 Å². The van der Waals surface area contributed by atoms with E-state index in [9.17, 15) is 10.5 Å². The fourth-order valence-electron chi connectivity index (χ4n) is 4.46. The van der Waals surface area contributed by atoms with Gasteiger partial charge in [-0.15, -0.1) is 0 Å². The Morgan fingerprint density at radius 2 is 1.21 bits per heavy atom. The first kappa shape index (κ1) is 29.0. The molecule has 34 heavy (non-hydrogen) atoms. The molecule has 0 spiro atoms. The molecule has 2 atom stereocenters. The van der Waals surface area contributed by atoms with Crippen LogP contribution in [0.15, 0.2) is 18.2 Å². The number of nitrogens with zero attached hydrogens (tertiary/aromatic N) is 4. The van der Waals surface area contributed by atoms with Crippen molar-refractivity contribution in [2.75, 3.05) is 0 Å². The second-order valence-corrected chi connectivity index (χ2v) is 9.19. The molecule has 1 aromatic rings. The quantitative estimate of drug-likeness (QED) is 0.247. The van der Waals surface area contributed by atoms with Crippen molar-refractivity contribution in [1.29, 1.82) is 21.0 Å². The summed E-state index contributed by atoms with van der Waals surface area (Å²) in [4.78, 5) is 0. The molecule has 0 saturated heterocycles. The lowest BCUT2D eigenvalue weighted by molar-refractivity contribution is 0.401. The Bertz CT molecular complexity index is 981. The molecule has 0 aliphatic heterocycles. The van der Waals surface area contributed by atoms with Gasteiger partial charge in [0.15, 0.2) is 0 Å². The molecule has 1 rings (SSSR count). The molecule has 0 N–H and O–H groups in total. The Labute approximate surface area is 206 Å². The van der Waals surface area contributed by atoms with Gasteiger partial charge in [0.25, 0.3) is 0 Å². The van der Waals surface area contributed by atoms with Gasteiger partial charge in [0.2, 0.25) is 0 Å². The average Bonchev–Trinajstić information content (AvgIpc) is 2.85. The van der Waals surface area contributed by atoms with Crippen LogP contribution in [0, 0.1) is 57.2 Å². The molecule has 0 amide bonds. The van der Waals surface area contributed by atoms with Crippen LogP contribution in [0.2, 0.25) is 0 Å². The molecule has 0 aliphatic rings. The first-order chi connectivity index (χ1) is 16.7. The van der Waals surface area contributed by atoms with Crippen LogP contribution >= 0.6 is 0 Å². The smallest absolute Gasteiger partial charge is 0.0918 e. The average molecular weight is 457 g/mol. The number of hydrogen-bond donors (Lipinski definition) is 0. The Kier molecular flexibility index (Phi) is 16.5. The predicted octanol–water partition coefficient (Wildman–Crippen LogP) is 6.60. The minimum Gasteiger partial charge on any atom is -0.198 e. The molecule has 0 aromatic heterocycles. The molecule has 180 valence electrons. The third-order valence-corrected chi connectivity index (χ3v) is 6.52. The number of benzene rings is 1. The van der Waals surface area contributed by atoms with E-state index in [1.54, 1.807) is 6.08 Å². The van der Waals surface area contributed by atoms with E-state index >= 15 is 0 Å². The van der Waals surface area contributed by atoms with Crippen LogP contribution in [0.4, 0.5) is 0 Å². The molecule has 1 aromatic carbocycles. The van der Waals surface area contributed by atoms with Gasteiger partial charge in [-0.1, -0.05) is 95.8 Å². The maximum atomic E-state index is 9.60. The molecule has 0 fully saturated rings. The summed E-state index contributed by atoms with van der Waals surface area (Å²) in [5.74, 6) is -0.308. The maximum Gasteiger partial charge on any atom is 0.0918 e. The number of rotatable bonds is 17. The Morgan fingerprint density at radius 1 is 0.676 bits per heavy atom. The zero-order valence-corrected chi connectivity index (χ0v) is 20.9. The van der Waals surface area contributed by atoms with Crippen molar-refractivity contribution >= 4 is 12.2 Å². The van der Waals surface area contributed by atoms with Crippen LogP contribution in [0.25, 0.3) is 12.2 Å². The predicted molar refractivity (Wildman–Crippen MR) is 138 cm³/mol. The monoisotopic (exact) mass is 456 g/mol. The summed E-state index contributed by atoms with van der Waals surface area (Å²) in [5.41, 5.74) is 1.09. The van der Waals surface area contributed by atoms with Crippen molar-refractivity contribution in [3.63, 3.8) is 0 Å². The fourth-order valence-corrected chi connectivity index (χ4v) is 4.46. The molecule has 0 heterocycles. The second-order valence-electron chi connectivity index (χ2n) is 9.19. The molecule has 0 bridgehead atoms. The zero-order valence-electron chi connectivity index (χ0n) is 20.9. The van der Waals surface area contributed by atoms with Crippen molar-refractivity contribution in [3.05, 3.63) is 34.2 Å². The summed E-state index contributed by atoms with van der Waals surface area (Å²) in [5, 5.41) is 38.8. The molecule has 0 saturated carbocycles. The van der Waals surface area contributed by atoms with Gasteiger partial charge in [-0.25, -0.2) is 0 Å². The molecule has 0 radical (unpaired) electrons. The Morgan fingerprint density at radius 3 is 1.74 bits per heavy atom. The van der Waals surface area contributed by atoms with Crippen LogP contribution in [0.5, 0.6) is 0 Å². The molecule has 4 nitrogen and oxygen atoms in total. The molecular weight excluding hydrogens is 416 g/mol. The van der Waals surface area contributed by atoms with Crippen LogP contribution < -0.4 is 10.4 Å². The number of nitriles is 4. The highest BCUT2D eigenvalue weighted by atomic mass is 14.3. The summed E-state index contributed by atoms with van der Waals surface area (Å²) in [6.07, 6.45) is 19.6. The van der Waals surface area contributed by atoms with Gasteiger partial charge in [-0.05, 0) is 41.7 Å². The normalized spacial score (nSPS) is 13.4. The van der Waals surface area contributed by atoms with Gasteiger partial charge in [0.1, 0.15) is 0 Å². The summed E-state index contributed by atoms with van der Waals surface area (Å²) < 4.78 is 0. The SMILES string of the molecule is CCCCCCCCCCC(C#N)C(C#N)CCCCCCc1cc(=CC#N)ccc1=CC#N. The topological polar surface area (TPSA) is 95.2 Å². The third kappa shape index (κ3) is 12.2. The lowest BCUT2D eigenvalue weighted by Gasteiger charge is -2.15. The third-order valence-electron chi connectivity index (χ3n) is 6.52.